The van der Waals surface area contributed by atoms with Crippen molar-refractivity contribution in [3.63, 3.8) is 0 Å². The number of hydroxylamine groups is 1. The average molecular weight is 113 g/mol. The molecule has 1 saturated heterocycles. The summed E-state index contributed by atoms with van der Waals surface area (Å²) in [5, 5.41) is 0. The second kappa shape index (κ2) is 1.39. The highest BCUT2D eigenvalue weighted by Crippen LogP contribution is 2.20. The third-order valence-electron chi connectivity index (χ3n) is 1.42. The van der Waals surface area contributed by atoms with E-state index in [9.17, 15) is 0 Å². The van der Waals surface area contributed by atoms with Crippen LogP contribution in [0, 0.1) is 5.92 Å². The van der Waals surface area contributed by atoms with E-state index in [0.717, 1.165) is 18.9 Å². The fraction of sp³-hybridized carbons (Fsp3) is 0.600. The molecule has 0 aromatic rings. The van der Waals surface area contributed by atoms with Crippen LogP contribution < -0.4 is 5.48 Å². The lowest BCUT2D eigenvalue weighted by Crippen LogP contribution is -2.03. The first kappa shape index (κ1) is 4.21. The van der Waals surface area contributed by atoms with Crippen molar-refractivity contribution in [3.05, 3.63) is 12.0 Å². The second-order valence-corrected chi connectivity index (χ2v) is 2.02. The lowest BCUT2D eigenvalue weighted by molar-refractivity contribution is 0.0865. The Morgan fingerprint density at radius 3 is 3.50 bits per heavy atom. The van der Waals surface area contributed by atoms with Crippen molar-refractivity contribution in [1.29, 1.82) is 0 Å². The van der Waals surface area contributed by atoms with Gasteiger partial charge in [-0.1, -0.05) is 0 Å². The van der Waals surface area contributed by atoms with E-state index in [1.165, 1.54) is 0 Å². The summed E-state index contributed by atoms with van der Waals surface area (Å²) in [4.78, 5) is 4.91. The zero-order valence-corrected chi connectivity index (χ0v) is 4.39. The monoisotopic (exact) mass is 113 g/mol. The molecule has 44 valence electrons. The summed E-state index contributed by atoms with van der Waals surface area (Å²) < 4.78 is 5.01. The van der Waals surface area contributed by atoms with E-state index in [1.54, 1.807) is 6.26 Å². The van der Waals surface area contributed by atoms with Crippen LogP contribution in [-0.2, 0) is 9.57 Å². The van der Waals surface area contributed by atoms with Crippen LogP contribution in [0.4, 0.5) is 0 Å². The molecule has 0 aromatic heterocycles. The van der Waals surface area contributed by atoms with E-state index in [0.29, 0.717) is 5.92 Å². The number of hydrogen-bond acceptors (Lipinski definition) is 3. The molecular formula is C5H7NO2. The molecule has 0 saturated carbocycles. The summed E-state index contributed by atoms with van der Waals surface area (Å²) >= 11 is 0. The van der Waals surface area contributed by atoms with E-state index in [2.05, 4.69) is 5.48 Å². The summed E-state index contributed by atoms with van der Waals surface area (Å²) in [6, 6.07) is 0. The molecule has 2 aliphatic rings. The van der Waals surface area contributed by atoms with Gasteiger partial charge in [-0.05, 0) is 0 Å². The van der Waals surface area contributed by atoms with Crippen molar-refractivity contribution < 1.29 is 9.57 Å². The average Bonchev–Trinajstić information content (AvgIpc) is 2.15. The fourth-order valence-electron chi connectivity index (χ4n) is 0.911. The highest BCUT2D eigenvalue weighted by Gasteiger charge is 2.26. The van der Waals surface area contributed by atoms with Crippen LogP contribution in [0.1, 0.15) is 0 Å². The van der Waals surface area contributed by atoms with E-state index in [4.69, 9.17) is 9.57 Å². The molecule has 2 heterocycles. The van der Waals surface area contributed by atoms with Gasteiger partial charge in [-0.15, -0.1) is 0 Å². The fourth-order valence-corrected chi connectivity index (χ4v) is 0.911. The van der Waals surface area contributed by atoms with Crippen LogP contribution in [0.25, 0.3) is 0 Å². The zero-order valence-electron chi connectivity index (χ0n) is 4.39. The van der Waals surface area contributed by atoms with Crippen LogP contribution in [0.2, 0.25) is 0 Å². The Morgan fingerprint density at radius 2 is 2.62 bits per heavy atom. The third kappa shape index (κ3) is 0.419. The molecule has 1 unspecified atom stereocenters. The molecule has 0 bridgehead atoms. The molecule has 3 heteroatoms. The van der Waals surface area contributed by atoms with Gasteiger partial charge in [0.25, 0.3) is 0 Å². The molecule has 0 amide bonds. The number of ether oxygens (including phenoxy) is 1. The molecule has 0 aliphatic carbocycles. The van der Waals surface area contributed by atoms with Gasteiger partial charge in [0.05, 0.1) is 24.8 Å². The van der Waals surface area contributed by atoms with Crippen LogP contribution in [0.5, 0.6) is 0 Å². The molecule has 1 fully saturated rings. The molecule has 1 atom stereocenters. The lowest BCUT2D eigenvalue weighted by Gasteiger charge is -1.93. The molecule has 1 N–H and O–H groups in total. The molecule has 8 heavy (non-hydrogen) atoms. The van der Waals surface area contributed by atoms with Crippen LogP contribution >= 0.6 is 0 Å². The number of hydrogen-bond donors (Lipinski definition) is 1. The first-order chi connectivity index (χ1) is 3.97. The Hall–Kier alpha value is -0.700. The van der Waals surface area contributed by atoms with Crippen molar-refractivity contribution in [2.45, 2.75) is 0 Å². The minimum atomic E-state index is 0.481. The topological polar surface area (TPSA) is 30.5 Å². The van der Waals surface area contributed by atoms with Crippen LogP contribution in [0.3, 0.4) is 0 Å². The van der Waals surface area contributed by atoms with Gasteiger partial charge in [-0.2, -0.15) is 0 Å². The quantitative estimate of drug-likeness (QED) is 0.480. The van der Waals surface area contributed by atoms with Crippen molar-refractivity contribution in [1.82, 2.24) is 5.48 Å². The van der Waals surface area contributed by atoms with E-state index in [-0.39, 0.29) is 0 Å². The normalized spacial score (nSPS) is 33.0. The Labute approximate surface area is 47.2 Å². The molecular weight excluding hydrogens is 106 g/mol. The van der Waals surface area contributed by atoms with Gasteiger partial charge in [-0.3, -0.25) is 10.3 Å². The van der Waals surface area contributed by atoms with Gasteiger partial charge < -0.3 is 4.74 Å². The highest BCUT2D eigenvalue weighted by molar-refractivity contribution is 5.06. The third-order valence-corrected chi connectivity index (χ3v) is 1.42. The predicted octanol–water partition coefficient (Wildman–Crippen LogP) is 0.00900. The van der Waals surface area contributed by atoms with Gasteiger partial charge in [0.1, 0.15) is 6.26 Å². The first-order valence-corrected chi connectivity index (χ1v) is 2.66. The molecule has 2 aliphatic heterocycles. The summed E-state index contributed by atoms with van der Waals surface area (Å²) in [6.45, 7) is 1.54. The second-order valence-electron chi connectivity index (χ2n) is 2.02. The summed E-state index contributed by atoms with van der Waals surface area (Å²) in [7, 11) is 0. The standard InChI is InChI=1S/C5H7NO2/c1-4-2-8-6-5(4)3-7-1/h3-4,6H,1-2H2. The molecule has 0 aromatic carbocycles. The minimum Gasteiger partial charge on any atom is -0.498 e. The Bertz CT molecular complexity index is 132. The maximum Gasteiger partial charge on any atom is 0.105 e. The van der Waals surface area contributed by atoms with E-state index < -0.39 is 0 Å². The summed E-state index contributed by atoms with van der Waals surface area (Å²) in [6.07, 6.45) is 1.72. The first-order valence-electron chi connectivity index (χ1n) is 2.66. The molecule has 0 radical (unpaired) electrons. The number of fused-ring (bicyclic) bond motifs is 1. The van der Waals surface area contributed by atoms with Gasteiger partial charge in [-0.25, -0.2) is 0 Å². The highest BCUT2D eigenvalue weighted by atomic mass is 16.7. The zero-order chi connectivity index (χ0) is 5.40. The Kier molecular flexibility index (Phi) is 0.729. The molecule has 3 nitrogen and oxygen atoms in total. The van der Waals surface area contributed by atoms with Crippen molar-refractivity contribution >= 4 is 0 Å². The molecule has 2 rings (SSSR count). The largest absolute Gasteiger partial charge is 0.498 e. The van der Waals surface area contributed by atoms with Gasteiger partial charge in [0, 0.05) is 0 Å². The maximum absolute atomic E-state index is 5.01. The maximum atomic E-state index is 5.01. The van der Waals surface area contributed by atoms with Crippen LogP contribution in [0.15, 0.2) is 12.0 Å². The molecule has 0 spiro atoms. The Morgan fingerprint density at radius 1 is 1.62 bits per heavy atom. The lowest BCUT2D eigenvalue weighted by atomic mass is 10.2. The van der Waals surface area contributed by atoms with Crippen LogP contribution in [-0.4, -0.2) is 13.2 Å². The van der Waals surface area contributed by atoms with Crippen molar-refractivity contribution in [2.24, 2.45) is 5.92 Å². The summed E-state index contributed by atoms with van der Waals surface area (Å²) in [5.74, 6) is 0.481. The van der Waals surface area contributed by atoms with E-state index >= 15 is 0 Å². The van der Waals surface area contributed by atoms with Crippen molar-refractivity contribution in [3.8, 4) is 0 Å². The Balaban J connectivity index is 2.20. The smallest absolute Gasteiger partial charge is 0.105 e. The van der Waals surface area contributed by atoms with Gasteiger partial charge in [0.2, 0.25) is 0 Å². The summed E-state index contributed by atoms with van der Waals surface area (Å²) in [5.41, 5.74) is 3.84. The predicted molar refractivity (Wildman–Crippen MR) is 26.6 cm³/mol. The van der Waals surface area contributed by atoms with Gasteiger partial charge >= 0.3 is 0 Å². The number of rotatable bonds is 0. The number of nitrogens with one attached hydrogen (secondary N) is 1. The SMILES string of the molecule is C1=C2NOCC2CO1. The van der Waals surface area contributed by atoms with Crippen molar-refractivity contribution in [2.75, 3.05) is 13.2 Å². The van der Waals surface area contributed by atoms with Gasteiger partial charge in [0.15, 0.2) is 0 Å². The van der Waals surface area contributed by atoms with E-state index in [1.807, 2.05) is 0 Å². The minimum absolute atomic E-state index is 0.481.